The third kappa shape index (κ3) is 5.06. The van der Waals surface area contributed by atoms with Crippen LogP contribution in [0.25, 0.3) is 22.5 Å². The zero-order valence-electron chi connectivity index (χ0n) is 18.2. The summed E-state index contributed by atoms with van der Waals surface area (Å²) in [5.74, 6) is -0.532. The number of nitrogens with zero attached hydrogens (tertiary/aromatic N) is 3. The van der Waals surface area contributed by atoms with Gasteiger partial charge in [0, 0.05) is 33.8 Å². The summed E-state index contributed by atoms with van der Waals surface area (Å²) in [6.45, 7) is 12.0. The minimum atomic E-state index is -0.386. The molecule has 0 spiro atoms. The topological polar surface area (TPSA) is 67.8 Å². The SMILES string of the molecule is CC(C)(C)NC(=O)c1cc(-c2ccc(F)cc2)nc(-c2cncnc2C(C)(C)C)c1. The smallest absolute Gasteiger partial charge is 0.251 e. The Labute approximate surface area is 176 Å². The van der Waals surface area contributed by atoms with E-state index in [9.17, 15) is 9.18 Å². The van der Waals surface area contributed by atoms with Crippen molar-refractivity contribution < 1.29 is 9.18 Å². The fourth-order valence-corrected chi connectivity index (χ4v) is 3.10. The largest absolute Gasteiger partial charge is 0.347 e. The predicted octanol–water partition coefficient (Wildman–Crippen LogP) is 5.17. The number of hydrogen-bond acceptors (Lipinski definition) is 4. The van der Waals surface area contributed by atoms with Crippen LogP contribution in [0.15, 0.2) is 48.9 Å². The van der Waals surface area contributed by atoms with Crippen molar-refractivity contribution in [2.24, 2.45) is 0 Å². The summed E-state index contributed by atoms with van der Waals surface area (Å²) in [5, 5.41) is 2.99. The van der Waals surface area contributed by atoms with Gasteiger partial charge in [0.1, 0.15) is 12.1 Å². The van der Waals surface area contributed by atoms with Gasteiger partial charge in [-0.25, -0.2) is 19.3 Å². The van der Waals surface area contributed by atoms with Crippen LogP contribution in [0.2, 0.25) is 0 Å². The molecule has 0 fully saturated rings. The van der Waals surface area contributed by atoms with Crippen molar-refractivity contribution in [2.45, 2.75) is 52.5 Å². The lowest BCUT2D eigenvalue weighted by Crippen LogP contribution is -2.40. The fraction of sp³-hybridized carbons (Fsp3) is 0.333. The quantitative estimate of drug-likeness (QED) is 0.651. The highest BCUT2D eigenvalue weighted by molar-refractivity contribution is 5.96. The Balaban J connectivity index is 2.21. The predicted molar refractivity (Wildman–Crippen MR) is 117 cm³/mol. The van der Waals surface area contributed by atoms with E-state index in [4.69, 9.17) is 4.98 Å². The van der Waals surface area contributed by atoms with Crippen LogP contribution in [-0.2, 0) is 5.41 Å². The Morgan fingerprint density at radius 2 is 1.60 bits per heavy atom. The fourth-order valence-electron chi connectivity index (χ4n) is 3.10. The standard InChI is InChI=1S/C24H27FN4O/c1-23(2,3)21-18(13-26-14-27-21)20-12-16(22(30)29-24(4,5)6)11-19(28-20)15-7-9-17(25)10-8-15/h7-14H,1-6H3,(H,29,30). The lowest BCUT2D eigenvalue weighted by molar-refractivity contribution is 0.0919. The molecule has 0 saturated carbocycles. The van der Waals surface area contributed by atoms with Gasteiger partial charge in [-0.2, -0.15) is 0 Å². The molecule has 0 aliphatic carbocycles. The Kier molecular flexibility index (Phi) is 5.70. The lowest BCUT2D eigenvalue weighted by atomic mass is 9.87. The van der Waals surface area contributed by atoms with Crippen molar-refractivity contribution in [3.05, 3.63) is 66.0 Å². The van der Waals surface area contributed by atoms with Crippen molar-refractivity contribution in [1.29, 1.82) is 0 Å². The van der Waals surface area contributed by atoms with E-state index in [0.29, 0.717) is 17.0 Å². The van der Waals surface area contributed by atoms with Crippen LogP contribution < -0.4 is 5.32 Å². The molecule has 0 aliphatic rings. The van der Waals surface area contributed by atoms with Gasteiger partial charge in [0.15, 0.2) is 0 Å². The van der Waals surface area contributed by atoms with E-state index < -0.39 is 0 Å². The number of pyridine rings is 1. The van der Waals surface area contributed by atoms with Crippen molar-refractivity contribution in [3.8, 4) is 22.5 Å². The van der Waals surface area contributed by atoms with Gasteiger partial charge >= 0.3 is 0 Å². The molecule has 1 N–H and O–H groups in total. The van der Waals surface area contributed by atoms with Gasteiger partial charge in [0.2, 0.25) is 0 Å². The minimum Gasteiger partial charge on any atom is -0.347 e. The first-order valence-corrected chi connectivity index (χ1v) is 9.85. The van der Waals surface area contributed by atoms with Crippen LogP contribution in [-0.4, -0.2) is 26.4 Å². The first-order valence-electron chi connectivity index (χ1n) is 9.85. The van der Waals surface area contributed by atoms with Crippen molar-refractivity contribution in [2.75, 3.05) is 0 Å². The Morgan fingerprint density at radius 1 is 0.967 bits per heavy atom. The zero-order valence-corrected chi connectivity index (χ0v) is 18.2. The number of benzene rings is 1. The van der Waals surface area contributed by atoms with Gasteiger partial charge in [0.05, 0.1) is 17.1 Å². The number of carbonyl (C=O) groups excluding carboxylic acids is 1. The lowest BCUT2D eigenvalue weighted by Gasteiger charge is -2.22. The number of aromatic nitrogens is 3. The van der Waals surface area contributed by atoms with E-state index in [1.165, 1.54) is 18.5 Å². The van der Waals surface area contributed by atoms with Crippen molar-refractivity contribution in [1.82, 2.24) is 20.3 Å². The summed E-state index contributed by atoms with van der Waals surface area (Å²) < 4.78 is 13.4. The number of hydrogen-bond donors (Lipinski definition) is 1. The van der Waals surface area contributed by atoms with Crippen LogP contribution in [0.4, 0.5) is 4.39 Å². The molecule has 3 rings (SSSR count). The average Bonchev–Trinajstić information content (AvgIpc) is 2.66. The maximum Gasteiger partial charge on any atom is 0.251 e. The van der Waals surface area contributed by atoms with Crippen LogP contribution in [0.3, 0.4) is 0 Å². The van der Waals surface area contributed by atoms with E-state index in [2.05, 4.69) is 36.1 Å². The summed E-state index contributed by atoms with van der Waals surface area (Å²) >= 11 is 0. The number of amides is 1. The van der Waals surface area contributed by atoms with Gasteiger partial charge < -0.3 is 5.32 Å². The molecule has 3 aromatic rings. The monoisotopic (exact) mass is 406 g/mol. The zero-order chi connectivity index (χ0) is 22.1. The normalized spacial score (nSPS) is 12.0. The van der Waals surface area contributed by atoms with Crippen LogP contribution in [0.5, 0.6) is 0 Å². The second kappa shape index (κ2) is 7.94. The molecule has 0 radical (unpaired) electrons. The number of carbonyl (C=O) groups is 1. The summed E-state index contributed by atoms with van der Waals surface area (Å²) in [6, 6.07) is 9.54. The highest BCUT2D eigenvalue weighted by Crippen LogP contribution is 2.32. The molecule has 0 bridgehead atoms. The minimum absolute atomic E-state index is 0.205. The molecule has 156 valence electrons. The van der Waals surface area contributed by atoms with Gasteiger partial charge in [-0.05, 0) is 57.2 Å². The number of halogens is 1. The second-order valence-corrected chi connectivity index (χ2v) is 9.37. The Morgan fingerprint density at radius 3 is 2.20 bits per heavy atom. The molecule has 5 nitrogen and oxygen atoms in total. The highest BCUT2D eigenvalue weighted by atomic mass is 19.1. The van der Waals surface area contributed by atoms with E-state index in [1.54, 1.807) is 30.5 Å². The highest BCUT2D eigenvalue weighted by Gasteiger charge is 2.23. The number of nitrogens with one attached hydrogen (secondary N) is 1. The molecular weight excluding hydrogens is 379 g/mol. The van der Waals surface area contributed by atoms with Gasteiger partial charge in [-0.3, -0.25) is 4.79 Å². The van der Waals surface area contributed by atoms with Crippen LogP contribution in [0.1, 0.15) is 57.6 Å². The van der Waals surface area contributed by atoms with Crippen molar-refractivity contribution >= 4 is 5.91 Å². The molecule has 6 heteroatoms. The Hall–Kier alpha value is -3.15. The summed E-state index contributed by atoms with van der Waals surface area (Å²) in [7, 11) is 0. The van der Waals surface area contributed by atoms with Crippen LogP contribution >= 0.6 is 0 Å². The molecule has 0 saturated heterocycles. The number of rotatable bonds is 3. The maximum absolute atomic E-state index is 13.4. The first-order chi connectivity index (χ1) is 13.9. The van der Waals surface area contributed by atoms with E-state index >= 15 is 0 Å². The van der Waals surface area contributed by atoms with Gasteiger partial charge in [-0.1, -0.05) is 20.8 Å². The van der Waals surface area contributed by atoms with Gasteiger partial charge in [-0.15, -0.1) is 0 Å². The molecule has 0 atom stereocenters. The first kappa shape index (κ1) is 21.6. The molecular formula is C24H27FN4O. The van der Waals surface area contributed by atoms with E-state index in [1.807, 2.05) is 20.8 Å². The summed E-state index contributed by atoms with van der Waals surface area (Å²) in [6.07, 6.45) is 3.23. The molecule has 0 unspecified atom stereocenters. The molecule has 0 aliphatic heterocycles. The van der Waals surface area contributed by atoms with Crippen LogP contribution in [0, 0.1) is 5.82 Å². The average molecular weight is 407 g/mol. The van der Waals surface area contributed by atoms with Crippen molar-refractivity contribution in [3.63, 3.8) is 0 Å². The molecule has 30 heavy (non-hydrogen) atoms. The molecule has 2 aromatic heterocycles. The van der Waals surface area contributed by atoms with E-state index in [-0.39, 0.29) is 22.7 Å². The third-order valence-corrected chi connectivity index (χ3v) is 4.41. The molecule has 1 amide bonds. The third-order valence-electron chi connectivity index (χ3n) is 4.41. The molecule has 2 heterocycles. The molecule has 1 aromatic carbocycles. The van der Waals surface area contributed by atoms with E-state index in [0.717, 1.165) is 16.8 Å². The maximum atomic E-state index is 13.4. The second-order valence-electron chi connectivity index (χ2n) is 9.37. The summed E-state index contributed by atoms with van der Waals surface area (Å²) in [4.78, 5) is 26.4. The Bertz CT molecular complexity index is 1060. The van der Waals surface area contributed by atoms with Gasteiger partial charge in [0.25, 0.3) is 5.91 Å². The summed E-state index contributed by atoms with van der Waals surface area (Å²) in [5.41, 5.74) is 3.34.